The van der Waals surface area contributed by atoms with Gasteiger partial charge in [-0.2, -0.15) is 0 Å². The number of carboxylic acid groups (broad SMARTS) is 1. The highest BCUT2D eigenvalue weighted by molar-refractivity contribution is 5.89. The highest BCUT2D eigenvalue weighted by atomic mass is 16.7. The van der Waals surface area contributed by atoms with Gasteiger partial charge in [-0.05, 0) is 87.8 Å². The van der Waals surface area contributed by atoms with Gasteiger partial charge >= 0.3 is 11.9 Å². The summed E-state index contributed by atoms with van der Waals surface area (Å²) in [5.74, 6) is -3.64. The molecule has 9 N–H and O–H groups in total. The Morgan fingerprint density at radius 3 is 2.40 bits per heavy atom. The molecule has 2 aromatic heterocycles. The number of aliphatic hydroxyl groups excluding tert-OH is 5. The smallest absolute Gasteiger partial charge is 0.338 e. The molecule has 15 atom stereocenters. The molecule has 21 nitrogen and oxygen atoms in total. The summed E-state index contributed by atoms with van der Waals surface area (Å²) in [5, 5.41) is 77.3. The van der Waals surface area contributed by atoms with Gasteiger partial charge in [-0.25, -0.2) is 9.59 Å². The van der Waals surface area contributed by atoms with E-state index in [4.69, 9.17) is 34.2 Å². The van der Waals surface area contributed by atoms with Crippen LogP contribution in [0.5, 0.6) is 0 Å². The standard InChI is InChI=1S/C51H72N6O15/c1-4-5-6-10-16-37(48(64)65)68-45-41(60)39(28-58)70-51(46(45)71-49(66)31-13-8-7-9-14-31)69-38-26-33(24-29(2)44(38)72-50-43(62)42(61)40(59)30(3)67-50)47(63)53-20-11-15-35-27-57(55-54-35)22-12-21-56-23-19-32-25-34(52)17-18-36(32)56/h7-9,13-14,17-19,23,25,27,29-30,33,37-46,50-51,58-62H,4-6,10-12,15-16,20-22,24,26,28,52H2,1-3H3,(H,53,63)(H,64,65)/t29?,30?,33?,37-,38+,39?,40+,41-,42?,43?,44?,45?,46?,50-,51+/m0/s1. The molecule has 0 spiro atoms. The summed E-state index contributed by atoms with van der Waals surface area (Å²) in [6, 6.07) is 15.9. The number of ether oxygens (including phenoxy) is 6. The van der Waals surface area contributed by atoms with Crippen LogP contribution in [0.25, 0.3) is 10.9 Å². The van der Waals surface area contributed by atoms with Crippen LogP contribution in [-0.4, -0.2) is 161 Å². The van der Waals surface area contributed by atoms with Crippen molar-refractivity contribution >= 4 is 34.4 Å². The minimum atomic E-state index is -1.70. The second-order valence-corrected chi connectivity index (χ2v) is 19.4. The molecule has 21 heteroatoms. The Labute approximate surface area is 418 Å². The summed E-state index contributed by atoms with van der Waals surface area (Å²) in [7, 11) is 0. The van der Waals surface area contributed by atoms with E-state index in [0.29, 0.717) is 32.4 Å². The van der Waals surface area contributed by atoms with Crippen LogP contribution in [0.15, 0.2) is 67.0 Å². The number of nitrogens with zero attached hydrogens (tertiary/aromatic N) is 4. The number of anilines is 1. The van der Waals surface area contributed by atoms with Crippen LogP contribution in [0.3, 0.4) is 0 Å². The van der Waals surface area contributed by atoms with Crippen LogP contribution in [0.1, 0.15) is 94.6 Å². The average Bonchev–Trinajstić information content (AvgIpc) is 4.00. The van der Waals surface area contributed by atoms with Crippen molar-refractivity contribution in [1.82, 2.24) is 24.9 Å². The maximum atomic E-state index is 14.0. The van der Waals surface area contributed by atoms with Crippen LogP contribution in [0, 0.1) is 11.8 Å². The summed E-state index contributed by atoms with van der Waals surface area (Å²) in [4.78, 5) is 40.5. The molecule has 2 saturated heterocycles. The number of aryl methyl sites for hydroxylation is 3. The molecular formula is C51H72N6O15. The van der Waals surface area contributed by atoms with E-state index in [0.717, 1.165) is 54.5 Å². The van der Waals surface area contributed by atoms with Gasteiger partial charge in [0.25, 0.3) is 0 Å². The number of hydrogen-bond donors (Lipinski definition) is 8. The van der Waals surface area contributed by atoms with Crippen LogP contribution in [0.2, 0.25) is 0 Å². The highest BCUT2D eigenvalue weighted by Gasteiger charge is 2.53. The molecule has 0 bridgehead atoms. The number of aliphatic carboxylic acids is 1. The molecule has 3 fully saturated rings. The van der Waals surface area contributed by atoms with Crippen LogP contribution in [0.4, 0.5) is 5.69 Å². The van der Waals surface area contributed by atoms with E-state index >= 15 is 0 Å². The molecule has 1 amide bonds. The zero-order chi connectivity index (χ0) is 51.5. The molecule has 1 saturated carbocycles. The maximum absolute atomic E-state index is 14.0. The first-order valence-electron chi connectivity index (χ1n) is 25.3. The topological polar surface area (TPSA) is 302 Å². The molecule has 4 heterocycles. The Hall–Kier alpha value is -5.07. The van der Waals surface area contributed by atoms with Gasteiger partial charge in [-0.3, -0.25) is 9.48 Å². The van der Waals surface area contributed by atoms with Crippen LogP contribution >= 0.6 is 0 Å². The molecule has 0 radical (unpaired) electrons. The fraction of sp³-hybridized carbons (Fsp3) is 0.627. The number of nitrogens with one attached hydrogen (secondary N) is 1. The van der Waals surface area contributed by atoms with Crippen LogP contribution < -0.4 is 11.1 Å². The number of aliphatic hydroxyl groups is 5. The Balaban J connectivity index is 1.05. The predicted octanol–water partition coefficient (Wildman–Crippen LogP) is 2.71. The second-order valence-electron chi connectivity index (χ2n) is 19.4. The zero-order valence-electron chi connectivity index (χ0n) is 41.1. The van der Waals surface area contributed by atoms with E-state index in [1.54, 1.807) is 22.9 Å². The Bertz CT molecular complexity index is 2350. The predicted molar refractivity (Wildman–Crippen MR) is 259 cm³/mol. The first kappa shape index (κ1) is 54.7. The third-order valence-corrected chi connectivity index (χ3v) is 13.9. The van der Waals surface area contributed by atoms with Gasteiger partial charge in [0.1, 0.15) is 36.6 Å². The third kappa shape index (κ3) is 13.7. The molecule has 2 aliphatic heterocycles. The fourth-order valence-electron chi connectivity index (χ4n) is 9.88. The summed E-state index contributed by atoms with van der Waals surface area (Å²) in [5.41, 5.74) is 8.67. The zero-order valence-corrected chi connectivity index (χ0v) is 41.1. The maximum Gasteiger partial charge on any atom is 0.338 e. The van der Waals surface area contributed by atoms with Crippen molar-refractivity contribution < 1.29 is 73.4 Å². The lowest BCUT2D eigenvalue weighted by molar-refractivity contribution is -0.349. The largest absolute Gasteiger partial charge is 0.479 e. The molecule has 7 rings (SSSR count). The number of aromatic nitrogens is 4. The number of carbonyl (C=O) groups is 3. The number of rotatable bonds is 24. The SMILES string of the molecule is CCCCCC[C@H](OC1C(OC(=O)c2ccccc2)[C@H](O[C@@H]2CC(C(=O)NCCCc3cn(CCCn4ccc5cc(N)ccc54)nn3)CC(C)C2O[C@@H]2OC(C)[C@@H](O)C(O)C2O)OC(CO)[C@@H]1O)C(=O)O. The summed E-state index contributed by atoms with van der Waals surface area (Å²) in [6.45, 7) is 6.35. The Kier molecular flexibility index (Phi) is 19.5. The van der Waals surface area contributed by atoms with Crippen molar-refractivity contribution in [2.24, 2.45) is 11.8 Å². The van der Waals surface area contributed by atoms with Gasteiger partial charge in [0.15, 0.2) is 24.8 Å². The number of unbranched alkanes of at least 4 members (excludes halogenated alkanes) is 3. The number of nitrogens with two attached hydrogens (primary N) is 1. The average molecular weight is 1010 g/mol. The second kappa shape index (κ2) is 25.7. The van der Waals surface area contributed by atoms with Gasteiger partial charge < -0.3 is 74.7 Å². The lowest BCUT2D eigenvalue weighted by Crippen LogP contribution is -2.64. The van der Waals surface area contributed by atoms with E-state index in [1.165, 1.54) is 19.1 Å². The number of fused-ring (bicyclic) bond motifs is 1. The molecule has 9 unspecified atom stereocenters. The number of carbonyl (C=O) groups excluding carboxylic acids is 2. The van der Waals surface area contributed by atoms with Crippen molar-refractivity contribution in [1.29, 1.82) is 0 Å². The molecule has 72 heavy (non-hydrogen) atoms. The molecule has 4 aromatic rings. The number of hydrogen-bond acceptors (Lipinski definition) is 17. The summed E-state index contributed by atoms with van der Waals surface area (Å²) < 4.78 is 41.2. The third-order valence-electron chi connectivity index (χ3n) is 13.9. The first-order chi connectivity index (χ1) is 34.6. The van der Waals surface area contributed by atoms with Crippen molar-refractivity contribution in [3.05, 3.63) is 78.2 Å². The van der Waals surface area contributed by atoms with E-state index in [2.05, 4.69) is 20.2 Å². The van der Waals surface area contributed by atoms with Gasteiger partial charge in [0.05, 0.1) is 36.2 Å². The monoisotopic (exact) mass is 1010 g/mol. The van der Waals surface area contributed by atoms with E-state index in [1.807, 2.05) is 50.5 Å². The number of nitrogen functional groups attached to an aromatic ring is 1. The van der Waals surface area contributed by atoms with Gasteiger partial charge in [0, 0.05) is 54.5 Å². The molecule has 396 valence electrons. The van der Waals surface area contributed by atoms with Gasteiger partial charge in [-0.1, -0.05) is 62.9 Å². The Morgan fingerprint density at radius 1 is 0.861 bits per heavy atom. The van der Waals surface area contributed by atoms with Crippen molar-refractivity contribution in [3.8, 4) is 0 Å². The normalized spacial score (nSPS) is 30.2. The van der Waals surface area contributed by atoms with E-state index < -0.39 is 110 Å². The van der Waals surface area contributed by atoms with Crippen molar-refractivity contribution in [3.63, 3.8) is 0 Å². The minimum absolute atomic E-state index is 0.0160. The number of amides is 1. The van der Waals surface area contributed by atoms with Gasteiger partial charge in [-0.15, -0.1) is 5.10 Å². The lowest BCUT2D eigenvalue weighted by atomic mass is 9.77. The summed E-state index contributed by atoms with van der Waals surface area (Å²) >= 11 is 0. The molecule has 2 aromatic carbocycles. The van der Waals surface area contributed by atoms with E-state index in [9.17, 15) is 45.0 Å². The lowest BCUT2D eigenvalue weighted by Gasteiger charge is -2.48. The number of benzene rings is 2. The number of esters is 1. The molecule has 1 aliphatic carbocycles. The van der Waals surface area contributed by atoms with Crippen molar-refractivity contribution in [2.45, 2.75) is 178 Å². The first-order valence-corrected chi connectivity index (χ1v) is 25.3. The molecule has 3 aliphatic rings. The highest BCUT2D eigenvalue weighted by Crippen LogP contribution is 2.39. The van der Waals surface area contributed by atoms with Crippen LogP contribution in [-0.2, 0) is 57.5 Å². The Morgan fingerprint density at radius 2 is 1.65 bits per heavy atom. The number of carboxylic acids is 1. The quantitative estimate of drug-likeness (QED) is 0.0284. The fourth-order valence-corrected chi connectivity index (χ4v) is 9.88. The summed E-state index contributed by atoms with van der Waals surface area (Å²) in [6.07, 6.45) is -9.39. The molecular weight excluding hydrogens is 937 g/mol. The minimum Gasteiger partial charge on any atom is -0.479 e. The van der Waals surface area contributed by atoms with Gasteiger partial charge in [0.2, 0.25) is 5.91 Å². The van der Waals surface area contributed by atoms with Crippen molar-refractivity contribution in [2.75, 3.05) is 18.9 Å². The van der Waals surface area contributed by atoms with E-state index in [-0.39, 0.29) is 30.7 Å².